The Labute approximate surface area is 120 Å². The second-order valence-electron chi connectivity index (χ2n) is 5.64. The van der Waals surface area contributed by atoms with Crippen LogP contribution in [0.25, 0.3) is 0 Å². The van der Waals surface area contributed by atoms with Gasteiger partial charge in [-0.25, -0.2) is 4.79 Å². The Morgan fingerprint density at radius 2 is 1.32 bits per heavy atom. The van der Waals surface area contributed by atoms with Crippen molar-refractivity contribution in [1.82, 2.24) is 0 Å². The van der Waals surface area contributed by atoms with Gasteiger partial charge in [-0.15, -0.1) is 0 Å². The Morgan fingerprint density at radius 1 is 0.947 bits per heavy atom. The van der Waals surface area contributed by atoms with Gasteiger partial charge in [-0.05, 0) is 19.3 Å². The van der Waals surface area contributed by atoms with Gasteiger partial charge >= 0.3 is 5.97 Å². The molecule has 0 atom stereocenters. The summed E-state index contributed by atoms with van der Waals surface area (Å²) in [5.41, 5.74) is 0.441. The van der Waals surface area contributed by atoms with Gasteiger partial charge in [0.15, 0.2) is 0 Å². The molecule has 112 valence electrons. The van der Waals surface area contributed by atoms with Crippen LogP contribution in [0.1, 0.15) is 59.3 Å². The van der Waals surface area contributed by atoms with Gasteiger partial charge in [-0.2, -0.15) is 0 Å². The van der Waals surface area contributed by atoms with Crippen LogP contribution in [-0.2, 0) is 4.79 Å². The summed E-state index contributed by atoms with van der Waals surface area (Å²) in [6, 6.07) is 0. The first kappa shape index (κ1) is 18.6. The van der Waals surface area contributed by atoms with E-state index in [1.807, 2.05) is 0 Å². The lowest BCUT2D eigenvalue weighted by Crippen LogP contribution is -2.16. The van der Waals surface area contributed by atoms with Crippen molar-refractivity contribution in [2.75, 3.05) is 24.6 Å². The van der Waals surface area contributed by atoms with E-state index in [-0.39, 0.29) is 0 Å². The van der Waals surface area contributed by atoms with Crippen molar-refractivity contribution in [3.63, 3.8) is 0 Å². The average molecular weight is 287 g/mol. The molecule has 0 unspecified atom stereocenters. The molecular formula is C16H32O2P+. The number of rotatable bonds is 12. The fraction of sp³-hybridized carbons (Fsp3) is 0.812. The van der Waals surface area contributed by atoms with Gasteiger partial charge in [-0.3, -0.25) is 0 Å². The molecule has 0 aliphatic carbocycles. The summed E-state index contributed by atoms with van der Waals surface area (Å²) in [7, 11) is -1.14. The molecule has 0 amide bonds. The topological polar surface area (TPSA) is 37.3 Å². The highest BCUT2D eigenvalue weighted by atomic mass is 31.2. The van der Waals surface area contributed by atoms with E-state index in [4.69, 9.17) is 5.11 Å². The van der Waals surface area contributed by atoms with Gasteiger partial charge in [0.25, 0.3) is 0 Å². The lowest BCUT2D eigenvalue weighted by molar-refractivity contribution is -0.132. The molecule has 0 saturated heterocycles. The maximum absolute atomic E-state index is 11.1. The first-order chi connectivity index (χ1) is 9.01. The number of carboxylic acid groups (broad SMARTS) is 1. The molecule has 0 aliphatic rings. The first-order valence-corrected chi connectivity index (χ1v) is 10.3. The predicted octanol–water partition coefficient (Wildman–Crippen LogP) is 5.05. The number of carbonyl (C=O) groups is 1. The molecule has 0 aromatic rings. The van der Waals surface area contributed by atoms with Crippen LogP contribution in [0.3, 0.4) is 0 Å². The monoisotopic (exact) mass is 287 g/mol. The number of unbranched alkanes of at least 4 members (excludes halogenated alkanes) is 3. The van der Waals surface area contributed by atoms with Gasteiger partial charge < -0.3 is 5.11 Å². The van der Waals surface area contributed by atoms with E-state index in [1.54, 1.807) is 0 Å². The number of aliphatic carboxylic acids is 1. The van der Waals surface area contributed by atoms with Gasteiger partial charge in [0.05, 0.1) is 30.2 Å². The highest BCUT2D eigenvalue weighted by molar-refractivity contribution is 7.76. The smallest absolute Gasteiger partial charge is 0.334 e. The molecule has 0 saturated carbocycles. The zero-order valence-corrected chi connectivity index (χ0v) is 14.0. The fourth-order valence-corrected chi connectivity index (χ4v) is 7.58. The lowest BCUT2D eigenvalue weighted by Gasteiger charge is -2.28. The maximum Gasteiger partial charge on any atom is 0.334 e. The summed E-state index contributed by atoms with van der Waals surface area (Å²) >= 11 is 0. The Balaban J connectivity index is 4.85. The Hall–Kier alpha value is -0.360. The quantitative estimate of drug-likeness (QED) is 0.403. The molecule has 0 radical (unpaired) electrons. The van der Waals surface area contributed by atoms with Crippen molar-refractivity contribution in [3.05, 3.63) is 12.2 Å². The van der Waals surface area contributed by atoms with E-state index >= 15 is 0 Å². The maximum atomic E-state index is 11.1. The van der Waals surface area contributed by atoms with E-state index in [1.165, 1.54) is 57.0 Å². The second kappa shape index (κ2) is 10.4. The van der Waals surface area contributed by atoms with Crippen LogP contribution in [-0.4, -0.2) is 35.7 Å². The minimum Gasteiger partial charge on any atom is -0.478 e. The third-order valence-corrected chi connectivity index (χ3v) is 8.63. The first-order valence-electron chi connectivity index (χ1n) is 7.77. The van der Waals surface area contributed by atoms with Crippen molar-refractivity contribution < 1.29 is 9.90 Å². The minimum absolute atomic E-state index is 0.441. The zero-order valence-electron chi connectivity index (χ0n) is 13.1. The molecule has 2 nitrogen and oxygen atoms in total. The van der Waals surface area contributed by atoms with Crippen LogP contribution in [0.5, 0.6) is 0 Å². The third-order valence-electron chi connectivity index (χ3n) is 3.79. The molecule has 19 heavy (non-hydrogen) atoms. The molecule has 0 fully saturated rings. The molecule has 0 aromatic heterocycles. The lowest BCUT2D eigenvalue weighted by atomic mass is 10.4. The van der Waals surface area contributed by atoms with E-state index < -0.39 is 13.2 Å². The molecule has 0 aromatic carbocycles. The zero-order chi connectivity index (χ0) is 14.7. The summed E-state index contributed by atoms with van der Waals surface area (Å²) < 4.78 is 0. The van der Waals surface area contributed by atoms with Crippen LogP contribution in [0, 0.1) is 0 Å². The molecule has 0 bridgehead atoms. The fourth-order valence-electron chi connectivity index (χ4n) is 2.53. The molecule has 0 heterocycles. The second-order valence-corrected chi connectivity index (χ2v) is 9.98. The Bertz CT molecular complexity index is 252. The molecule has 0 spiro atoms. The largest absolute Gasteiger partial charge is 0.478 e. The number of hydrogen-bond acceptors (Lipinski definition) is 1. The van der Waals surface area contributed by atoms with E-state index in [0.29, 0.717) is 5.57 Å². The van der Waals surface area contributed by atoms with Crippen LogP contribution < -0.4 is 0 Å². The summed E-state index contributed by atoms with van der Waals surface area (Å²) in [5.74, 6) is -0.797. The van der Waals surface area contributed by atoms with E-state index in [0.717, 1.165) is 6.16 Å². The van der Waals surface area contributed by atoms with Crippen LogP contribution >= 0.6 is 7.26 Å². The van der Waals surface area contributed by atoms with E-state index in [2.05, 4.69) is 27.4 Å². The molecule has 0 rings (SSSR count). The van der Waals surface area contributed by atoms with Gasteiger partial charge in [0.1, 0.15) is 0 Å². The van der Waals surface area contributed by atoms with Crippen LogP contribution in [0.2, 0.25) is 0 Å². The third kappa shape index (κ3) is 7.72. The van der Waals surface area contributed by atoms with Crippen LogP contribution in [0.4, 0.5) is 0 Å². The number of carboxylic acids is 1. The minimum atomic E-state index is -1.14. The normalized spacial score (nSPS) is 11.5. The SMILES string of the molecule is C=C(C[P+](CCCC)(CCCC)CCCC)C(=O)O. The molecule has 1 N–H and O–H groups in total. The van der Waals surface area contributed by atoms with Crippen LogP contribution in [0.15, 0.2) is 12.2 Å². The van der Waals surface area contributed by atoms with Crippen molar-refractivity contribution in [1.29, 1.82) is 0 Å². The van der Waals surface area contributed by atoms with Gasteiger partial charge in [0, 0.05) is 7.26 Å². The summed E-state index contributed by atoms with van der Waals surface area (Å²) in [5, 5.41) is 9.14. The molecular weight excluding hydrogens is 255 g/mol. The standard InChI is InChI=1S/C16H31O2P/c1-5-8-11-19(12-9-6-2,13-10-7-3)14-15(4)16(17)18/h4-14H2,1-3H3/p+1. The summed E-state index contributed by atoms with van der Waals surface area (Å²) in [6.45, 7) is 10.5. The predicted molar refractivity (Wildman–Crippen MR) is 87.9 cm³/mol. The number of hydrogen-bond donors (Lipinski definition) is 1. The molecule has 3 heteroatoms. The Morgan fingerprint density at radius 3 is 1.58 bits per heavy atom. The van der Waals surface area contributed by atoms with Crippen molar-refractivity contribution in [2.24, 2.45) is 0 Å². The molecule has 0 aliphatic heterocycles. The highest BCUT2D eigenvalue weighted by Crippen LogP contribution is 2.61. The highest BCUT2D eigenvalue weighted by Gasteiger charge is 2.37. The summed E-state index contributed by atoms with van der Waals surface area (Å²) in [4.78, 5) is 11.1. The average Bonchev–Trinajstić information content (AvgIpc) is 2.40. The van der Waals surface area contributed by atoms with Gasteiger partial charge in [0.2, 0.25) is 0 Å². The summed E-state index contributed by atoms with van der Waals surface area (Å²) in [6.07, 6.45) is 11.9. The Kier molecular flexibility index (Phi) is 10.2. The van der Waals surface area contributed by atoms with E-state index in [9.17, 15) is 4.79 Å². The van der Waals surface area contributed by atoms with Crippen molar-refractivity contribution in [2.45, 2.75) is 59.3 Å². The van der Waals surface area contributed by atoms with Crippen molar-refractivity contribution in [3.8, 4) is 0 Å². The van der Waals surface area contributed by atoms with Crippen molar-refractivity contribution >= 4 is 13.2 Å². The van der Waals surface area contributed by atoms with Gasteiger partial charge in [-0.1, -0.05) is 46.6 Å².